The second kappa shape index (κ2) is 4.90. The molecule has 1 saturated heterocycles. The van der Waals surface area contributed by atoms with Gasteiger partial charge in [0.25, 0.3) is 0 Å². The van der Waals surface area contributed by atoms with Gasteiger partial charge in [0, 0.05) is 11.3 Å². The van der Waals surface area contributed by atoms with Crippen LogP contribution in [0.15, 0.2) is 23.4 Å². The third-order valence-electron chi connectivity index (χ3n) is 3.69. The standard InChI is InChI=1S/C13H15NO6S/c1-19-10-3-2-7(4-8(10)13(15)16)12-9-5-21(17,18)6-11(9)20-14-12/h2-4,9,11,17-18H,5-6H2,1H3,(H,15,16). The van der Waals surface area contributed by atoms with E-state index < -0.39 is 16.6 Å². The molecule has 7 nitrogen and oxygen atoms in total. The van der Waals surface area contributed by atoms with Gasteiger partial charge in [0.2, 0.25) is 0 Å². The molecule has 2 unspecified atom stereocenters. The van der Waals surface area contributed by atoms with Crippen LogP contribution in [0.4, 0.5) is 0 Å². The van der Waals surface area contributed by atoms with Crippen LogP contribution >= 0.6 is 10.6 Å². The molecule has 2 aliphatic heterocycles. The first-order valence-corrected chi connectivity index (χ1v) is 8.19. The number of rotatable bonds is 3. The molecule has 1 fully saturated rings. The molecule has 0 amide bonds. The zero-order valence-corrected chi connectivity index (χ0v) is 12.0. The summed E-state index contributed by atoms with van der Waals surface area (Å²) in [7, 11) is -1.23. The van der Waals surface area contributed by atoms with E-state index in [-0.39, 0.29) is 34.8 Å². The third kappa shape index (κ3) is 2.45. The molecule has 114 valence electrons. The topological polar surface area (TPSA) is 109 Å². The minimum atomic E-state index is -2.63. The molecule has 3 N–H and O–H groups in total. The van der Waals surface area contributed by atoms with Gasteiger partial charge < -0.3 is 14.7 Å². The number of hydrogen-bond acceptors (Lipinski definition) is 6. The van der Waals surface area contributed by atoms with Gasteiger partial charge in [-0.3, -0.25) is 9.11 Å². The van der Waals surface area contributed by atoms with Gasteiger partial charge in [-0.15, -0.1) is 0 Å². The van der Waals surface area contributed by atoms with Crippen LogP contribution in [-0.2, 0) is 4.84 Å². The van der Waals surface area contributed by atoms with Crippen LogP contribution in [0.3, 0.4) is 0 Å². The van der Waals surface area contributed by atoms with Crippen molar-refractivity contribution in [1.29, 1.82) is 0 Å². The third-order valence-corrected chi connectivity index (χ3v) is 5.45. The number of aromatic carboxylic acids is 1. The summed E-state index contributed by atoms with van der Waals surface area (Å²) in [6, 6.07) is 4.72. The highest BCUT2D eigenvalue weighted by Gasteiger charge is 2.46. The largest absolute Gasteiger partial charge is 0.496 e. The molecule has 1 aromatic carbocycles. The fourth-order valence-corrected chi connectivity index (χ4v) is 4.60. The number of nitrogens with zero attached hydrogens (tertiary/aromatic N) is 1. The quantitative estimate of drug-likeness (QED) is 0.786. The van der Waals surface area contributed by atoms with Gasteiger partial charge in [-0.25, -0.2) is 4.79 Å². The Hall–Kier alpha value is -1.77. The first-order chi connectivity index (χ1) is 9.91. The number of hydrogen-bond donors (Lipinski definition) is 3. The fraction of sp³-hybridized carbons (Fsp3) is 0.385. The maximum absolute atomic E-state index is 11.3. The van der Waals surface area contributed by atoms with E-state index in [1.165, 1.54) is 13.2 Å². The highest BCUT2D eigenvalue weighted by molar-refractivity contribution is 8.24. The Morgan fingerprint density at radius 3 is 2.86 bits per heavy atom. The lowest BCUT2D eigenvalue weighted by Gasteiger charge is -2.26. The van der Waals surface area contributed by atoms with Crippen LogP contribution in [0.25, 0.3) is 0 Å². The van der Waals surface area contributed by atoms with Crippen molar-refractivity contribution < 1.29 is 28.6 Å². The van der Waals surface area contributed by atoms with Gasteiger partial charge in [0.1, 0.15) is 11.3 Å². The molecule has 0 aliphatic carbocycles. The van der Waals surface area contributed by atoms with Crippen molar-refractivity contribution in [1.82, 2.24) is 0 Å². The van der Waals surface area contributed by atoms with Crippen LogP contribution in [-0.4, -0.2) is 50.6 Å². The fourth-order valence-electron chi connectivity index (χ4n) is 2.69. The van der Waals surface area contributed by atoms with Crippen molar-refractivity contribution in [3.05, 3.63) is 29.3 Å². The molecule has 2 heterocycles. The van der Waals surface area contributed by atoms with Crippen LogP contribution < -0.4 is 4.74 Å². The van der Waals surface area contributed by atoms with E-state index in [0.29, 0.717) is 11.3 Å². The van der Waals surface area contributed by atoms with Gasteiger partial charge in [0.15, 0.2) is 6.10 Å². The molecule has 1 aromatic rings. The number of benzene rings is 1. The van der Waals surface area contributed by atoms with Gasteiger partial charge in [-0.05, 0) is 18.2 Å². The minimum absolute atomic E-state index is 0.0331. The molecule has 3 rings (SSSR count). The predicted octanol–water partition coefficient (Wildman–Crippen LogP) is 1.88. The number of oxime groups is 1. The smallest absolute Gasteiger partial charge is 0.339 e. The van der Waals surface area contributed by atoms with E-state index in [9.17, 15) is 19.0 Å². The lowest BCUT2D eigenvalue weighted by atomic mass is 9.94. The summed E-state index contributed by atoms with van der Waals surface area (Å²) in [5.41, 5.74) is 1.19. The molecule has 21 heavy (non-hydrogen) atoms. The average molecular weight is 313 g/mol. The van der Waals surface area contributed by atoms with Crippen molar-refractivity contribution in [2.45, 2.75) is 6.10 Å². The molecule has 0 saturated carbocycles. The van der Waals surface area contributed by atoms with Gasteiger partial charge in [-0.2, -0.15) is 10.6 Å². The Morgan fingerprint density at radius 2 is 2.19 bits per heavy atom. The first-order valence-electron chi connectivity index (χ1n) is 6.30. The van der Waals surface area contributed by atoms with Gasteiger partial charge in [0.05, 0.1) is 24.5 Å². The minimum Gasteiger partial charge on any atom is -0.496 e. The van der Waals surface area contributed by atoms with Crippen molar-refractivity contribution in [3.63, 3.8) is 0 Å². The second-order valence-electron chi connectivity index (χ2n) is 5.08. The lowest BCUT2D eigenvalue weighted by molar-refractivity contribution is 0.0693. The van der Waals surface area contributed by atoms with Gasteiger partial charge in [-0.1, -0.05) is 5.16 Å². The summed E-state index contributed by atoms with van der Waals surface area (Å²) in [4.78, 5) is 16.5. The molecule has 8 heteroatoms. The summed E-state index contributed by atoms with van der Waals surface area (Å²) in [6.45, 7) is 0. The SMILES string of the molecule is COc1ccc(C2=NOC3CS(O)(O)CC23)cc1C(=O)O. The highest BCUT2D eigenvalue weighted by atomic mass is 32.3. The zero-order valence-electron chi connectivity index (χ0n) is 11.2. The summed E-state index contributed by atoms with van der Waals surface area (Å²) < 4.78 is 24.6. The lowest BCUT2D eigenvalue weighted by Crippen LogP contribution is -2.22. The van der Waals surface area contributed by atoms with E-state index in [2.05, 4.69) is 5.16 Å². The first kappa shape index (κ1) is 14.2. The van der Waals surface area contributed by atoms with Crippen molar-refractivity contribution in [2.24, 2.45) is 11.1 Å². The van der Waals surface area contributed by atoms with E-state index >= 15 is 0 Å². The molecular formula is C13H15NO6S. The van der Waals surface area contributed by atoms with Crippen LogP contribution in [0.1, 0.15) is 15.9 Å². The summed E-state index contributed by atoms with van der Waals surface area (Å²) in [6.07, 6.45) is -0.347. The summed E-state index contributed by atoms with van der Waals surface area (Å²) >= 11 is 0. The molecule has 0 aromatic heterocycles. The zero-order chi connectivity index (χ0) is 15.2. The van der Waals surface area contributed by atoms with Crippen LogP contribution in [0.2, 0.25) is 0 Å². The Kier molecular flexibility index (Phi) is 3.31. The number of fused-ring (bicyclic) bond motifs is 1. The number of methoxy groups -OCH3 is 1. The predicted molar refractivity (Wildman–Crippen MR) is 77.4 cm³/mol. The van der Waals surface area contributed by atoms with E-state index in [4.69, 9.17) is 9.57 Å². The number of carboxylic acids is 1. The monoisotopic (exact) mass is 313 g/mol. The van der Waals surface area contributed by atoms with Crippen molar-refractivity contribution >= 4 is 22.3 Å². The summed E-state index contributed by atoms with van der Waals surface area (Å²) in [5, 5.41) is 13.2. The molecule has 2 atom stereocenters. The van der Waals surface area contributed by atoms with Crippen LogP contribution in [0.5, 0.6) is 5.75 Å². The Labute approximate surface area is 122 Å². The van der Waals surface area contributed by atoms with Crippen molar-refractivity contribution in [2.75, 3.05) is 18.6 Å². The highest BCUT2D eigenvalue weighted by Crippen LogP contribution is 2.52. The maximum Gasteiger partial charge on any atom is 0.339 e. The Morgan fingerprint density at radius 1 is 1.43 bits per heavy atom. The molecule has 0 radical (unpaired) electrons. The Balaban J connectivity index is 1.95. The van der Waals surface area contributed by atoms with E-state index in [1.807, 2.05) is 0 Å². The number of ether oxygens (including phenoxy) is 1. The second-order valence-corrected chi connectivity index (χ2v) is 7.35. The number of carboxylic acid groups (broad SMARTS) is 1. The normalized spacial score (nSPS) is 27.5. The molecule has 0 spiro atoms. The van der Waals surface area contributed by atoms with E-state index in [0.717, 1.165) is 0 Å². The Bertz CT molecular complexity index is 629. The average Bonchev–Trinajstić information content (AvgIpc) is 2.92. The van der Waals surface area contributed by atoms with E-state index in [1.54, 1.807) is 12.1 Å². The maximum atomic E-state index is 11.3. The number of carbonyl (C=O) groups is 1. The molecular weight excluding hydrogens is 298 g/mol. The van der Waals surface area contributed by atoms with Crippen LogP contribution in [0, 0.1) is 5.92 Å². The van der Waals surface area contributed by atoms with Gasteiger partial charge >= 0.3 is 5.97 Å². The molecule has 2 aliphatic rings. The summed E-state index contributed by atoms with van der Waals surface area (Å²) in [5.74, 6) is -0.680. The molecule has 0 bridgehead atoms. The van der Waals surface area contributed by atoms with Crippen molar-refractivity contribution in [3.8, 4) is 5.75 Å².